The Kier molecular flexibility index (Phi) is 3.10. The highest BCUT2D eigenvalue weighted by atomic mass is 16.8. The molecule has 0 radical (unpaired) electrons. The van der Waals surface area contributed by atoms with E-state index in [1.807, 2.05) is 19.9 Å². The van der Waals surface area contributed by atoms with Crippen LogP contribution in [0.5, 0.6) is 0 Å². The van der Waals surface area contributed by atoms with Crippen LogP contribution in [0.15, 0.2) is 24.3 Å². The molecule has 2 rings (SSSR count). The third-order valence-corrected chi connectivity index (χ3v) is 2.92. The van der Waals surface area contributed by atoms with Crippen LogP contribution in [0, 0.1) is 0 Å². The molecule has 1 aliphatic heterocycles. The van der Waals surface area contributed by atoms with Crippen LogP contribution in [-0.4, -0.2) is 30.1 Å². The predicted octanol–water partition coefficient (Wildman–Crippen LogP) is 1.95. The Morgan fingerprint density at radius 1 is 1.59 bits per heavy atom. The summed E-state index contributed by atoms with van der Waals surface area (Å²) >= 11 is 0. The minimum Gasteiger partial charge on any atom is -0.459 e. The first-order valence-electron chi connectivity index (χ1n) is 5.77. The molecular weight excluding hydrogens is 220 g/mol. The predicted molar refractivity (Wildman–Crippen MR) is 62.3 cm³/mol. The molecule has 0 bridgehead atoms. The zero-order valence-corrected chi connectivity index (χ0v) is 10.4. The Labute approximate surface area is 101 Å². The molecule has 0 N–H and O–H groups in total. The summed E-state index contributed by atoms with van der Waals surface area (Å²) in [5.41, 5.74) is 1.03. The van der Waals surface area contributed by atoms with E-state index in [0.717, 1.165) is 5.57 Å². The molecule has 17 heavy (non-hydrogen) atoms. The molecule has 0 spiro atoms. The molecule has 4 nitrogen and oxygen atoms in total. The third-order valence-electron chi connectivity index (χ3n) is 2.92. The van der Waals surface area contributed by atoms with Crippen molar-refractivity contribution in [1.29, 1.82) is 0 Å². The van der Waals surface area contributed by atoms with Crippen LogP contribution in [0.4, 0.5) is 0 Å². The lowest BCUT2D eigenvalue weighted by molar-refractivity contribution is -0.168. The topological polar surface area (TPSA) is 44.8 Å². The van der Waals surface area contributed by atoms with Crippen molar-refractivity contribution >= 4 is 5.97 Å². The van der Waals surface area contributed by atoms with Gasteiger partial charge in [-0.05, 0) is 25.5 Å². The molecule has 0 aromatic carbocycles. The lowest BCUT2D eigenvalue weighted by atomic mass is 9.92. The normalized spacial score (nSPS) is 34.8. The highest BCUT2D eigenvalue weighted by molar-refractivity contribution is 5.66. The Morgan fingerprint density at radius 2 is 2.29 bits per heavy atom. The quantitative estimate of drug-likeness (QED) is 0.690. The zero-order chi connectivity index (χ0) is 12.6. The van der Waals surface area contributed by atoms with Crippen molar-refractivity contribution in [2.75, 3.05) is 0 Å². The smallest absolute Gasteiger partial charge is 0.303 e. The van der Waals surface area contributed by atoms with Crippen molar-refractivity contribution in [3.8, 4) is 0 Å². The van der Waals surface area contributed by atoms with Crippen molar-refractivity contribution in [2.24, 2.45) is 0 Å². The van der Waals surface area contributed by atoms with E-state index in [9.17, 15) is 4.79 Å². The largest absolute Gasteiger partial charge is 0.459 e. The van der Waals surface area contributed by atoms with E-state index in [-0.39, 0.29) is 24.3 Å². The Hall–Kier alpha value is -1.13. The van der Waals surface area contributed by atoms with E-state index < -0.39 is 5.79 Å². The first kappa shape index (κ1) is 12.3. The van der Waals surface area contributed by atoms with Crippen LogP contribution in [0.1, 0.15) is 27.2 Å². The number of allylic oxidation sites excluding steroid dienone is 1. The fourth-order valence-electron chi connectivity index (χ4n) is 2.33. The Bertz CT molecular complexity index is 370. The summed E-state index contributed by atoms with van der Waals surface area (Å²) in [6, 6.07) is 0. The number of hydrogen-bond acceptors (Lipinski definition) is 4. The minimum atomic E-state index is -0.638. The first-order chi connectivity index (χ1) is 7.91. The Balaban J connectivity index is 2.21. The van der Waals surface area contributed by atoms with Crippen molar-refractivity contribution in [1.82, 2.24) is 0 Å². The molecule has 0 unspecified atom stereocenters. The summed E-state index contributed by atoms with van der Waals surface area (Å²) in [6.07, 6.45) is 3.70. The van der Waals surface area contributed by atoms with Gasteiger partial charge < -0.3 is 14.2 Å². The van der Waals surface area contributed by atoms with Gasteiger partial charge in [0.25, 0.3) is 0 Å². The van der Waals surface area contributed by atoms with E-state index in [0.29, 0.717) is 6.42 Å². The molecule has 0 aromatic heterocycles. The molecule has 1 saturated heterocycles. The van der Waals surface area contributed by atoms with Crippen LogP contribution in [0.2, 0.25) is 0 Å². The third kappa shape index (κ3) is 2.58. The summed E-state index contributed by atoms with van der Waals surface area (Å²) in [4.78, 5) is 11.1. The average molecular weight is 238 g/mol. The van der Waals surface area contributed by atoms with Gasteiger partial charge in [-0.15, -0.1) is 0 Å². The second-order valence-electron chi connectivity index (χ2n) is 4.86. The molecule has 0 amide bonds. The van der Waals surface area contributed by atoms with E-state index in [2.05, 4.69) is 6.58 Å². The molecule has 2 aliphatic rings. The van der Waals surface area contributed by atoms with Crippen molar-refractivity contribution in [3.63, 3.8) is 0 Å². The van der Waals surface area contributed by atoms with Crippen molar-refractivity contribution in [3.05, 3.63) is 24.3 Å². The number of hydrogen-bond donors (Lipinski definition) is 0. The maximum atomic E-state index is 11.1. The molecule has 0 saturated carbocycles. The van der Waals surface area contributed by atoms with Gasteiger partial charge in [0, 0.05) is 13.3 Å². The molecule has 1 fully saturated rings. The molecule has 1 aliphatic carbocycles. The zero-order valence-electron chi connectivity index (χ0n) is 10.4. The minimum absolute atomic E-state index is 0.170. The lowest BCUT2D eigenvalue weighted by Crippen LogP contribution is -2.40. The van der Waals surface area contributed by atoms with Gasteiger partial charge in [0.15, 0.2) is 5.79 Å². The SMILES string of the molecule is C=CC1=C[C@H]2OC(C)(C)O[C@H]2[C@H](OC(C)=O)C1. The van der Waals surface area contributed by atoms with Crippen LogP contribution < -0.4 is 0 Å². The van der Waals surface area contributed by atoms with Crippen molar-refractivity contribution in [2.45, 2.75) is 51.3 Å². The summed E-state index contributed by atoms with van der Waals surface area (Å²) in [7, 11) is 0. The van der Waals surface area contributed by atoms with Crippen LogP contribution >= 0.6 is 0 Å². The highest BCUT2D eigenvalue weighted by Gasteiger charge is 2.47. The highest BCUT2D eigenvalue weighted by Crippen LogP contribution is 2.37. The van der Waals surface area contributed by atoms with Gasteiger partial charge >= 0.3 is 5.97 Å². The van der Waals surface area contributed by atoms with Gasteiger partial charge in [-0.25, -0.2) is 0 Å². The van der Waals surface area contributed by atoms with Gasteiger partial charge in [0.2, 0.25) is 0 Å². The lowest BCUT2D eigenvalue weighted by Gasteiger charge is -2.29. The molecule has 4 heteroatoms. The van der Waals surface area contributed by atoms with E-state index in [1.165, 1.54) is 6.92 Å². The summed E-state index contributed by atoms with van der Waals surface area (Å²) in [6.45, 7) is 8.87. The number of esters is 1. The number of carbonyl (C=O) groups excluding carboxylic acids is 1. The molecule has 1 heterocycles. The van der Waals surface area contributed by atoms with Crippen LogP contribution in [0.3, 0.4) is 0 Å². The Morgan fingerprint density at radius 3 is 2.88 bits per heavy atom. The van der Waals surface area contributed by atoms with Gasteiger partial charge in [-0.3, -0.25) is 4.79 Å². The molecule has 0 aromatic rings. The second kappa shape index (κ2) is 4.27. The van der Waals surface area contributed by atoms with Gasteiger partial charge in [0.05, 0.1) is 0 Å². The monoisotopic (exact) mass is 238 g/mol. The van der Waals surface area contributed by atoms with Crippen molar-refractivity contribution < 1.29 is 19.0 Å². The summed E-state index contributed by atoms with van der Waals surface area (Å²) < 4.78 is 16.8. The number of ether oxygens (including phenoxy) is 3. The maximum absolute atomic E-state index is 11.1. The van der Waals surface area contributed by atoms with Crippen LogP contribution in [0.25, 0.3) is 0 Å². The fourth-order valence-corrected chi connectivity index (χ4v) is 2.33. The molecular formula is C13H18O4. The summed E-state index contributed by atoms with van der Waals surface area (Å²) in [5.74, 6) is -0.937. The first-order valence-corrected chi connectivity index (χ1v) is 5.77. The number of fused-ring (bicyclic) bond motifs is 1. The average Bonchev–Trinajstić information content (AvgIpc) is 2.51. The number of rotatable bonds is 2. The van der Waals surface area contributed by atoms with Crippen LogP contribution in [-0.2, 0) is 19.0 Å². The molecule has 94 valence electrons. The van der Waals surface area contributed by atoms with Gasteiger partial charge in [0.1, 0.15) is 18.3 Å². The standard InChI is InChI=1S/C13H18O4/c1-5-9-6-10(15-8(2)14)12-11(7-9)16-13(3,4)17-12/h5,7,10-12H,1,6H2,2-4H3/t10-,11-,12+/m1/s1. The number of carbonyl (C=O) groups is 1. The second-order valence-corrected chi connectivity index (χ2v) is 4.86. The van der Waals surface area contributed by atoms with E-state index >= 15 is 0 Å². The maximum Gasteiger partial charge on any atom is 0.303 e. The summed E-state index contributed by atoms with van der Waals surface area (Å²) in [5, 5.41) is 0. The van der Waals surface area contributed by atoms with E-state index in [4.69, 9.17) is 14.2 Å². The van der Waals surface area contributed by atoms with Gasteiger partial charge in [-0.1, -0.05) is 12.7 Å². The molecule has 3 atom stereocenters. The fraction of sp³-hybridized carbons (Fsp3) is 0.615. The van der Waals surface area contributed by atoms with E-state index in [1.54, 1.807) is 6.08 Å². The van der Waals surface area contributed by atoms with Gasteiger partial charge in [-0.2, -0.15) is 0 Å².